The maximum atomic E-state index is 10.2. The quantitative estimate of drug-likeness (QED) is 0.633. The molecule has 0 aliphatic carbocycles. The van der Waals surface area contributed by atoms with E-state index in [-0.39, 0.29) is 0 Å². The van der Waals surface area contributed by atoms with E-state index in [0.717, 1.165) is 0 Å². The molecule has 0 aliphatic heterocycles. The molecule has 6 heteroatoms. The number of carbonyl (C=O) groups excluding carboxylic acids is 2. The Balaban J connectivity index is 3.53. The monoisotopic (exact) mass is 222 g/mol. The van der Waals surface area contributed by atoms with Crippen LogP contribution in [0.15, 0.2) is 0 Å². The van der Waals surface area contributed by atoms with Gasteiger partial charge in [0.15, 0.2) is 0 Å². The van der Waals surface area contributed by atoms with Crippen LogP contribution < -0.4 is 0 Å². The number of carbonyl (C=O) groups is 2. The van der Waals surface area contributed by atoms with Crippen molar-refractivity contribution in [2.75, 3.05) is 0 Å². The average Bonchev–Trinajstić information content (AvgIpc) is 1.58. The molecule has 0 fully saturated rings. The van der Waals surface area contributed by atoms with Gasteiger partial charge in [0.1, 0.15) is 0 Å². The SMILES string of the molecule is CC(=O)[O][Ga]([Cl])[O]C(C)=O. The average molecular weight is 223 g/mol. The van der Waals surface area contributed by atoms with Gasteiger partial charge >= 0.3 is 68.0 Å². The van der Waals surface area contributed by atoms with E-state index in [4.69, 9.17) is 9.64 Å². The first kappa shape index (κ1) is 9.87. The molecular formula is C4H6ClGaO4. The molecule has 0 aromatic heterocycles. The summed E-state index contributed by atoms with van der Waals surface area (Å²) < 4.78 is 8.86. The Hall–Kier alpha value is -0.134. The molecule has 0 aliphatic rings. The fraction of sp³-hybridized carbons (Fsp3) is 0.500. The fourth-order valence-corrected chi connectivity index (χ4v) is 2.78. The Kier molecular flexibility index (Phi) is 4.58. The van der Waals surface area contributed by atoms with Crippen molar-refractivity contribution in [3.05, 3.63) is 0 Å². The summed E-state index contributed by atoms with van der Waals surface area (Å²) in [6, 6.07) is 0. The van der Waals surface area contributed by atoms with Gasteiger partial charge < -0.3 is 0 Å². The zero-order valence-electron chi connectivity index (χ0n) is 5.59. The molecule has 0 amide bonds. The van der Waals surface area contributed by atoms with Crippen LogP contribution in [0.5, 0.6) is 0 Å². The van der Waals surface area contributed by atoms with E-state index < -0.39 is 27.9 Å². The van der Waals surface area contributed by atoms with E-state index in [0.29, 0.717) is 0 Å². The third-order valence-corrected chi connectivity index (χ3v) is 3.61. The molecule has 0 aromatic carbocycles. The van der Waals surface area contributed by atoms with E-state index in [1.54, 1.807) is 0 Å². The molecule has 0 spiro atoms. The molecule has 0 rings (SSSR count). The van der Waals surface area contributed by atoms with Crippen molar-refractivity contribution in [2.45, 2.75) is 13.8 Å². The van der Waals surface area contributed by atoms with Crippen LogP contribution in [0.25, 0.3) is 0 Å². The molecule has 4 nitrogen and oxygen atoms in total. The molecule has 0 unspecified atom stereocenters. The number of halogens is 1. The van der Waals surface area contributed by atoms with E-state index in [1.165, 1.54) is 13.8 Å². The van der Waals surface area contributed by atoms with Gasteiger partial charge in [-0.15, -0.1) is 0 Å². The third-order valence-electron chi connectivity index (χ3n) is 0.517. The summed E-state index contributed by atoms with van der Waals surface area (Å²) in [5.74, 6) is -1.03. The molecule has 0 bridgehead atoms. The summed E-state index contributed by atoms with van der Waals surface area (Å²) in [5.41, 5.74) is 0. The van der Waals surface area contributed by atoms with Crippen LogP contribution in [0, 0.1) is 0 Å². The van der Waals surface area contributed by atoms with Crippen LogP contribution in [-0.2, 0) is 16.6 Å². The van der Waals surface area contributed by atoms with Crippen molar-refractivity contribution in [1.82, 2.24) is 0 Å². The summed E-state index contributed by atoms with van der Waals surface area (Å²) in [4.78, 5) is 20.4. The summed E-state index contributed by atoms with van der Waals surface area (Å²) in [7, 11) is 5.37. The minimum atomic E-state index is -2.98. The molecule has 0 N–H and O–H groups in total. The van der Waals surface area contributed by atoms with Crippen molar-refractivity contribution in [1.29, 1.82) is 0 Å². The van der Waals surface area contributed by atoms with Crippen molar-refractivity contribution >= 4 is 37.5 Å². The molecule has 0 saturated carbocycles. The third kappa shape index (κ3) is 5.99. The van der Waals surface area contributed by atoms with E-state index in [9.17, 15) is 9.59 Å². The predicted octanol–water partition coefficient (Wildman–Crippen LogP) is 0.336. The Labute approximate surface area is 68.3 Å². The molecule has 0 heterocycles. The first-order valence-electron chi connectivity index (χ1n) is 2.51. The van der Waals surface area contributed by atoms with Crippen LogP contribution in [0.4, 0.5) is 0 Å². The molecule has 56 valence electrons. The molecule has 10 heavy (non-hydrogen) atoms. The first-order valence-corrected chi connectivity index (χ1v) is 7.67. The van der Waals surface area contributed by atoms with Crippen molar-refractivity contribution < 1.29 is 16.6 Å². The van der Waals surface area contributed by atoms with E-state index in [2.05, 4.69) is 7.06 Å². The number of hydrogen-bond acceptors (Lipinski definition) is 4. The van der Waals surface area contributed by atoms with E-state index in [1.807, 2.05) is 0 Å². The van der Waals surface area contributed by atoms with Crippen molar-refractivity contribution in [3.8, 4) is 0 Å². The zero-order chi connectivity index (χ0) is 8.15. The van der Waals surface area contributed by atoms with E-state index >= 15 is 0 Å². The van der Waals surface area contributed by atoms with Gasteiger partial charge in [-0.2, -0.15) is 0 Å². The second-order valence-corrected chi connectivity index (χ2v) is 5.49. The number of hydrogen-bond donors (Lipinski definition) is 0. The van der Waals surface area contributed by atoms with Crippen LogP contribution in [0.1, 0.15) is 13.8 Å². The molecule has 0 radical (unpaired) electrons. The Morgan fingerprint density at radius 2 is 1.50 bits per heavy atom. The van der Waals surface area contributed by atoms with Crippen molar-refractivity contribution in [3.63, 3.8) is 0 Å². The summed E-state index contributed by atoms with van der Waals surface area (Å²) in [5, 5.41) is 0. The van der Waals surface area contributed by atoms with Gasteiger partial charge in [0, 0.05) is 0 Å². The summed E-state index contributed by atoms with van der Waals surface area (Å²) in [6.45, 7) is 2.42. The van der Waals surface area contributed by atoms with Gasteiger partial charge in [0.25, 0.3) is 0 Å². The van der Waals surface area contributed by atoms with Gasteiger partial charge in [-0.25, -0.2) is 0 Å². The molecule has 0 saturated heterocycles. The predicted molar refractivity (Wildman–Crippen MR) is 35.1 cm³/mol. The summed E-state index contributed by atoms with van der Waals surface area (Å²) >= 11 is -2.98. The van der Waals surface area contributed by atoms with Crippen LogP contribution in [0.3, 0.4) is 0 Å². The minimum absolute atomic E-state index is 0.513. The Bertz CT molecular complexity index is 132. The maximum absolute atomic E-state index is 10.2. The Morgan fingerprint density at radius 3 is 1.70 bits per heavy atom. The second kappa shape index (κ2) is 4.65. The number of rotatable bonds is 2. The normalized spacial score (nSPS) is 8.30. The summed E-state index contributed by atoms with van der Waals surface area (Å²) in [6.07, 6.45) is 0. The first-order chi connectivity index (χ1) is 4.52. The van der Waals surface area contributed by atoms with Crippen LogP contribution in [0.2, 0.25) is 0 Å². The standard InChI is InChI=1S/2C2H4O2.ClH.Ga/c2*1-2(3)4;;/h2*1H3,(H,3,4);1H;/q;;;+3/p-3. The molecule has 0 aromatic rings. The molecular weight excluding hydrogens is 217 g/mol. The van der Waals surface area contributed by atoms with Crippen molar-refractivity contribution in [2.24, 2.45) is 0 Å². The second-order valence-electron chi connectivity index (χ2n) is 1.49. The topological polar surface area (TPSA) is 52.6 Å². The van der Waals surface area contributed by atoms with Gasteiger partial charge in [-0.1, -0.05) is 0 Å². The van der Waals surface area contributed by atoms with Gasteiger partial charge in [0.2, 0.25) is 0 Å². The zero-order valence-corrected chi connectivity index (χ0v) is 8.77. The fourth-order valence-electron chi connectivity index (χ4n) is 0.285. The Morgan fingerprint density at radius 1 is 1.20 bits per heavy atom. The molecule has 0 atom stereocenters. The van der Waals surface area contributed by atoms with Gasteiger partial charge in [0.05, 0.1) is 0 Å². The van der Waals surface area contributed by atoms with Crippen LogP contribution in [-0.4, -0.2) is 27.9 Å². The van der Waals surface area contributed by atoms with Gasteiger partial charge in [-0.05, 0) is 0 Å². The van der Waals surface area contributed by atoms with Crippen LogP contribution >= 0.6 is 9.64 Å². The van der Waals surface area contributed by atoms with Gasteiger partial charge in [-0.3, -0.25) is 0 Å².